The highest BCUT2D eigenvalue weighted by Gasteiger charge is 2.16. The molecule has 1 aliphatic heterocycles. The van der Waals surface area contributed by atoms with E-state index in [1.165, 1.54) is 17.8 Å². The Hall–Kier alpha value is -3.17. The lowest BCUT2D eigenvalue weighted by molar-refractivity contribution is 0.0965. The molecule has 0 unspecified atom stereocenters. The Balaban J connectivity index is 1.66. The molecular weight excluding hydrogens is 348 g/mol. The third kappa shape index (κ3) is 3.05. The molecule has 0 bridgehead atoms. The number of thioether (sulfide) groups is 1. The molecule has 0 saturated heterocycles. The van der Waals surface area contributed by atoms with E-state index in [4.69, 9.17) is 15.9 Å². The predicted octanol–water partition coefficient (Wildman–Crippen LogP) is 3.84. The second-order valence-electron chi connectivity index (χ2n) is 5.50. The van der Waals surface area contributed by atoms with Crippen LogP contribution in [0.1, 0.15) is 10.4 Å². The van der Waals surface area contributed by atoms with E-state index < -0.39 is 0 Å². The molecular formula is C20H14N2O3S. The van der Waals surface area contributed by atoms with Crippen LogP contribution in [0, 0.1) is 12.3 Å². The van der Waals surface area contributed by atoms with E-state index in [1.54, 1.807) is 10.6 Å². The topological polar surface area (TPSA) is 53.4 Å². The first-order chi connectivity index (χ1) is 12.8. The van der Waals surface area contributed by atoms with Gasteiger partial charge in [-0.15, -0.1) is 6.42 Å². The monoisotopic (exact) mass is 362 g/mol. The number of hydrogen-bond donors (Lipinski definition) is 0. The van der Waals surface area contributed by atoms with Gasteiger partial charge in [0.25, 0.3) is 5.91 Å². The Morgan fingerprint density at radius 2 is 2.12 bits per heavy atom. The summed E-state index contributed by atoms with van der Waals surface area (Å²) in [6, 6.07) is 13.1. The summed E-state index contributed by atoms with van der Waals surface area (Å²) in [5.41, 5.74) is 2.37. The van der Waals surface area contributed by atoms with Crippen molar-refractivity contribution in [3.8, 4) is 23.8 Å². The Bertz CT molecular complexity index is 1060. The van der Waals surface area contributed by atoms with Gasteiger partial charge in [0.15, 0.2) is 16.7 Å². The van der Waals surface area contributed by atoms with Crippen molar-refractivity contribution in [3.05, 3.63) is 54.1 Å². The van der Waals surface area contributed by atoms with Gasteiger partial charge in [0.05, 0.1) is 16.8 Å². The van der Waals surface area contributed by atoms with E-state index >= 15 is 0 Å². The van der Waals surface area contributed by atoms with Crippen molar-refractivity contribution < 1.29 is 14.3 Å². The molecule has 0 atom stereocenters. The van der Waals surface area contributed by atoms with Crippen LogP contribution < -0.4 is 9.47 Å². The highest BCUT2D eigenvalue weighted by Crippen LogP contribution is 2.33. The summed E-state index contributed by atoms with van der Waals surface area (Å²) in [5, 5.41) is 0.587. The zero-order valence-electron chi connectivity index (χ0n) is 13.7. The quantitative estimate of drug-likeness (QED) is 0.401. The summed E-state index contributed by atoms with van der Waals surface area (Å²) in [7, 11) is 0. The van der Waals surface area contributed by atoms with Crippen molar-refractivity contribution in [2.75, 3.05) is 12.5 Å². The molecule has 6 heteroatoms. The van der Waals surface area contributed by atoms with Crippen LogP contribution in [-0.2, 0) is 0 Å². The SMILES string of the molecule is C#CCSc1nc2ccccc2n1C(=O)C=Cc1ccc2c(c1)OCO2. The van der Waals surface area contributed by atoms with Gasteiger partial charge >= 0.3 is 0 Å². The number of fused-ring (bicyclic) bond motifs is 2. The molecule has 5 nitrogen and oxygen atoms in total. The molecule has 1 aliphatic rings. The average Bonchev–Trinajstić information content (AvgIpc) is 3.27. The zero-order valence-corrected chi connectivity index (χ0v) is 14.5. The van der Waals surface area contributed by atoms with Gasteiger partial charge in [-0.05, 0) is 35.9 Å². The van der Waals surface area contributed by atoms with E-state index in [0.717, 1.165) is 16.6 Å². The minimum Gasteiger partial charge on any atom is -0.454 e. The van der Waals surface area contributed by atoms with Crippen LogP contribution >= 0.6 is 11.8 Å². The lowest BCUT2D eigenvalue weighted by atomic mass is 10.2. The van der Waals surface area contributed by atoms with Crippen LogP contribution in [0.2, 0.25) is 0 Å². The number of carbonyl (C=O) groups excluding carboxylic acids is 1. The molecule has 0 aliphatic carbocycles. The number of carbonyl (C=O) groups is 1. The molecule has 2 heterocycles. The maximum Gasteiger partial charge on any atom is 0.257 e. The highest BCUT2D eigenvalue weighted by atomic mass is 32.2. The average molecular weight is 362 g/mol. The number of nitrogens with zero attached hydrogens (tertiary/aromatic N) is 2. The predicted molar refractivity (Wildman–Crippen MR) is 102 cm³/mol. The molecule has 0 N–H and O–H groups in total. The molecule has 0 amide bonds. The van der Waals surface area contributed by atoms with Gasteiger partial charge in [0.1, 0.15) is 0 Å². The number of aromatic nitrogens is 2. The molecule has 0 radical (unpaired) electrons. The van der Waals surface area contributed by atoms with Gasteiger partial charge in [-0.3, -0.25) is 9.36 Å². The number of allylic oxidation sites excluding steroid dienone is 1. The zero-order chi connectivity index (χ0) is 17.9. The van der Waals surface area contributed by atoms with Gasteiger partial charge in [-0.25, -0.2) is 4.98 Å². The molecule has 0 fully saturated rings. The first kappa shape index (κ1) is 16.3. The van der Waals surface area contributed by atoms with Gasteiger partial charge in [-0.2, -0.15) is 0 Å². The number of rotatable bonds is 4. The smallest absolute Gasteiger partial charge is 0.257 e. The molecule has 128 valence electrons. The fraction of sp³-hybridized carbons (Fsp3) is 0.100. The Morgan fingerprint density at radius 1 is 1.27 bits per heavy atom. The summed E-state index contributed by atoms with van der Waals surface area (Å²) < 4.78 is 12.2. The van der Waals surface area contributed by atoms with Crippen molar-refractivity contribution in [2.24, 2.45) is 0 Å². The number of benzene rings is 2. The highest BCUT2D eigenvalue weighted by molar-refractivity contribution is 7.99. The minimum absolute atomic E-state index is 0.184. The largest absolute Gasteiger partial charge is 0.454 e. The second kappa shape index (κ2) is 6.98. The Morgan fingerprint density at radius 3 is 3.00 bits per heavy atom. The molecule has 1 aromatic heterocycles. The van der Waals surface area contributed by atoms with Crippen LogP contribution in [0.4, 0.5) is 0 Å². The summed E-state index contributed by atoms with van der Waals surface area (Å²) >= 11 is 1.36. The lowest BCUT2D eigenvalue weighted by Crippen LogP contribution is -2.08. The van der Waals surface area contributed by atoms with Crippen LogP contribution in [0.3, 0.4) is 0 Å². The number of para-hydroxylation sites is 2. The van der Waals surface area contributed by atoms with Crippen LogP contribution in [0.15, 0.2) is 53.7 Å². The summed E-state index contributed by atoms with van der Waals surface area (Å²) in [6.45, 7) is 0.220. The van der Waals surface area contributed by atoms with Crippen LogP contribution in [0.25, 0.3) is 17.1 Å². The minimum atomic E-state index is -0.184. The summed E-state index contributed by atoms with van der Waals surface area (Å²) in [4.78, 5) is 17.3. The van der Waals surface area contributed by atoms with Gasteiger partial charge in [0, 0.05) is 6.08 Å². The summed E-state index contributed by atoms with van der Waals surface area (Å²) in [6.07, 6.45) is 8.61. The Labute approximate surface area is 154 Å². The molecule has 0 spiro atoms. The first-order valence-corrected chi connectivity index (χ1v) is 8.90. The number of ether oxygens (including phenoxy) is 2. The molecule has 26 heavy (non-hydrogen) atoms. The number of terminal acetylenes is 1. The van der Waals surface area contributed by atoms with Gasteiger partial charge < -0.3 is 9.47 Å². The van der Waals surface area contributed by atoms with Crippen molar-refractivity contribution in [2.45, 2.75) is 5.16 Å². The van der Waals surface area contributed by atoms with E-state index in [2.05, 4.69) is 10.9 Å². The molecule has 0 saturated carbocycles. The third-order valence-electron chi connectivity index (χ3n) is 3.85. The number of hydrogen-bond acceptors (Lipinski definition) is 5. The van der Waals surface area contributed by atoms with E-state index in [-0.39, 0.29) is 12.7 Å². The molecule has 3 aromatic rings. The molecule has 4 rings (SSSR count). The third-order valence-corrected chi connectivity index (χ3v) is 4.69. The van der Waals surface area contributed by atoms with E-state index in [1.807, 2.05) is 42.5 Å². The van der Waals surface area contributed by atoms with Crippen LogP contribution in [-0.4, -0.2) is 28.0 Å². The lowest BCUT2D eigenvalue weighted by Gasteiger charge is -2.03. The van der Waals surface area contributed by atoms with Crippen molar-refractivity contribution in [1.29, 1.82) is 0 Å². The van der Waals surface area contributed by atoms with Crippen molar-refractivity contribution >= 4 is 34.8 Å². The van der Waals surface area contributed by atoms with Crippen molar-refractivity contribution in [1.82, 2.24) is 9.55 Å². The fourth-order valence-electron chi connectivity index (χ4n) is 2.68. The van der Waals surface area contributed by atoms with Crippen molar-refractivity contribution in [3.63, 3.8) is 0 Å². The number of imidazole rings is 1. The van der Waals surface area contributed by atoms with Gasteiger partial charge in [0.2, 0.25) is 6.79 Å². The van der Waals surface area contributed by atoms with E-state index in [9.17, 15) is 4.79 Å². The van der Waals surface area contributed by atoms with Gasteiger partial charge in [-0.1, -0.05) is 35.9 Å². The second-order valence-corrected chi connectivity index (χ2v) is 6.44. The molecule has 2 aromatic carbocycles. The van der Waals surface area contributed by atoms with E-state index in [0.29, 0.717) is 22.4 Å². The standard InChI is InChI=1S/C20H14N2O3S/c1-2-11-26-20-21-15-5-3-4-6-16(15)22(20)19(23)10-8-14-7-9-17-18(12-14)25-13-24-17/h1,3-10,12H,11,13H2. The maximum absolute atomic E-state index is 12.8. The maximum atomic E-state index is 12.8. The first-order valence-electron chi connectivity index (χ1n) is 7.92. The normalized spacial score (nSPS) is 12.6. The fourth-order valence-corrected chi connectivity index (χ4v) is 3.37. The Kier molecular flexibility index (Phi) is 4.38. The summed E-state index contributed by atoms with van der Waals surface area (Å²) in [5.74, 6) is 4.21. The van der Waals surface area contributed by atoms with Crippen LogP contribution in [0.5, 0.6) is 11.5 Å².